The van der Waals surface area contributed by atoms with Crippen LogP contribution in [0.4, 0.5) is 0 Å². The van der Waals surface area contributed by atoms with Crippen molar-refractivity contribution in [2.75, 3.05) is 18.6 Å². The highest BCUT2D eigenvalue weighted by atomic mass is 32.2. The number of nitrogens with two attached hydrogens (primary N) is 1. The molecule has 0 aromatic heterocycles. The molecule has 3 N–H and O–H groups in total. The Morgan fingerprint density at radius 1 is 1.54 bits per heavy atom. The molecule has 0 unspecified atom stereocenters. The number of hydrogen-bond acceptors (Lipinski definition) is 3. The van der Waals surface area contributed by atoms with Gasteiger partial charge in [0.25, 0.3) is 0 Å². The molecule has 0 bridgehead atoms. The molecule has 13 heavy (non-hydrogen) atoms. The lowest BCUT2D eigenvalue weighted by Crippen LogP contribution is -2.42. The quantitative estimate of drug-likeness (QED) is 0.630. The minimum Gasteiger partial charge on any atom is -0.354 e. The fourth-order valence-corrected chi connectivity index (χ4v) is 1.33. The van der Waals surface area contributed by atoms with Gasteiger partial charge in [-0.3, -0.25) is 4.79 Å². The van der Waals surface area contributed by atoms with E-state index in [-0.39, 0.29) is 11.9 Å². The van der Waals surface area contributed by atoms with Crippen LogP contribution in [-0.2, 0) is 4.79 Å². The molecule has 0 aromatic rings. The molecule has 0 aliphatic heterocycles. The van der Waals surface area contributed by atoms with Crippen molar-refractivity contribution in [3.8, 4) is 0 Å². The van der Waals surface area contributed by atoms with Crippen LogP contribution in [0.3, 0.4) is 0 Å². The molecule has 1 amide bonds. The van der Waals surface area contributed by atoms with Crippen LogP contribution in [0.2, 0.25) is 0 Å². The smallest absolute Gasteiger partial charge is 0.236 e. The number of amides is 1. The van der Waals surface area contributed by atoms with Gasteiger partial charge in [-0.25, -0.2) is 0 Å². The van der Waals surface area contributed by atoms with E-state index in [4.69, 9.17) is 5.73 Å². The third kappa shape index (κ3) is 6.90. The van der Waals surface area contributed by atoms with Crippen molar-refractivity contribution in [3.05, 3.63) is 0 Å². The third-order valence-electron chi connectivity index (χ3n) is 1.67. The molecule has 0 aliphatic carbocycles. The van der Waals surface area contributed by atoms with E-state index in [1.165, 1.54) is 0 Å². The molecule has 0 radical (unpaired) electrons. The van der Waals surface area contributed by atoms with Gasteiger partial charge in [0.1, 0.15) is 0 Å². The van der Waals surface area contributed by atoms with Crippen molar-refractivity contribution >= 4 is 17.7 Å². The molecule has 1 atom stereocenters. The van der Waals surface area contributed by atoms with E-state index in [9.17, 15) is 4.79 Å². The number of hydrogen-bond donors (Lipinski definition) is 2. The summed E-state index contributed by atoms with van der Waals surface area (Å²) in [5.74, 6) is 1.39. The summed E-state index contributed by atoms with van der Waals surface area (Å²) in [6, 6.07) is -0.346. The van der Waals surface area contributed by atoms with Gasteiger partial charge >= 0.3 is 0 Å². The minimum atomic E-state index is -0.346. The number of rotatable bonds is 6. The summed E-state index contributed by atoms with van der Waals surface area (Å²) in [5.41, 5.74) is 5.68. The van der Waals surface area contributed by atoms with Gasteiger partial charge in [0.2, 0.25) is 5.91 Å². The number of nitrogens with one attached hydrogen (secondary N) is 1. The second kappa shape index (κ2) is 7.21. The third-order valence-corrected chi connectivity index (χ3v) is 2.28. The zero-order chi connectivity index (χ0) is 10.3. The van der Waals surface area contributed by atoms with Crippen LogP contribution in [0.5, 0.6) is 0 Å². The number of carbonyl (C=O) groups excluding carboxylic acids is 1. The Morgan fingerprint density at radius 3 is 2.62 bits per heavy atom. The molecule has 0 saturated carbocycles. The van der Waals surface area contributed by atoms with Gasteiger partial charge in [-0.15, -0.1) is 0 Å². The van der Waals surface area contributed by atoms with Crippen LogP contribution in [0, 0.1) is 5.92 Å². The van der Waals surface area contributed by atoms with Gasteiger partial charge in [-0.2, -0.15) is 11.8 Å². The first-order valence-electron chi connectivity index (χ1n) is 4.60. The largest absolute Gasteiger partial charge is 0.354 e. The summed E-state index contributed by atoms with van der Waals surface area (Å²) in [6.45, 7) is 4.84. The molecule has 0 saturated heterocycles. The molecule has 0 aliphatic rings. The van der Waals surface area contributed by atoms with Crippen molar-refractivity contribution in [3.63, 3.8) is 0 Å². The Hall–Kier alpha value is -0.220. The highest BCUT2D eigenvalue weighted by Gasteiger charge is 2.13. The van der Waals surface area contributed by atoms with E-state index >= 15 is 0 Å². The van der Waals surface area contributed by atoms with E-state index in [2.05, 4.69) is 19.2 Å². The Kier molecular flexibility index (Phi) is 7.09. The van der Waals surface area contributed by atoms with Crippen LogP contribution in [0.1, 0.15) is 20.3 Å². The average Bonchev–Trinajstić information content (AvgIpc) is 2.03. The van der Waals surface area contributed by atoms with Crippen LogP contribution < -0.4 is 11.1 Å². The molecule has 0 heterocycles. The summed E-state index contributed by atoms with van der Waals surface area (Å²) < 4.78 is 0. The molecule has 4 heteroatoms. The SMILES string of the molecule is CSCCNC(=O)[C@H](N)CC(C)C. The first-order valence-corrected chi connectivity index (χ1v) is 5.99. The maximum Gasteiger partial charge on any atom is 0.236 e. The molecule has 78 valence electrons. The van der Waals surface area contributed by atoms with E-state index in [1.54, 1.807) is 11.8 Å². The molecule has 0 aromatic carbocycles. The van der Waals surface area contributed by atoms with Gasteiger partial charge in [0.15, 0.2) is 0 Å². The highest BCUT2D eigenvalue weighted by Crippen LogP contribution is 2.02. The first kappa shape index (κ1) is 12.8. The van der Waals surface area contributed by atoms with E-state index < -0.39 is 0 Å². The van der Waals surface area contributed by atoms with Crippen LogP contribution in [0.15, 0.2) is 0 Å². The summed E-state index contributed by atoms with van der Waals surface area (Å²) in [5, 5.41) is 2.80. The molecule has 0 spiro atoms. The lowest BCUT2D eigenvalue weighted by atomic mass is 10.0. The van der Waals surface area contributed by atoms with Gasteiger partial charge in [0.05, 0.1) is 6.04 Å². The van der Waals surface area contributed by atoms with Gasteiger partial charge in [-0.05, 0) is 18.6 Å². The van der Waals surface area contributed by atoms with Gasteiger partial charge in [-0.1, -0.05) is 13.8 Å². The second-order valence-corrected chi connectivity index (χ2v) is 4.51. The van der Waals surface area contributed by atoms with Crippen molar-refractivity contribution in [2.45, 2.75) is 26.3 Å². The summed E-state index contributed by atoms with van der Waals surface area (Å²) in [6.07, 6.45) is 2.77. The first-order chi connectivity index (χ1) is 6.07. The molecule has 0 rings (SSSR count). The summed E-state index contributed by atoms with van der Waals surface area (Å²) in [4.78, 5) is 11.3. The monoisotopic (exact) mass is 204 g/mol. The maximum atomic E-state index is 11.3. The van der Waals surface area contributed by atoms with Gasteiger partial charge < -0.3 is 11.1 Å². The molecular formula is C9H20N2OS. The topological polar surface area (TPSA) is 55.1 Å². The molecular weight excluding hydrogens is 184 g/mol. The zero-order valence-corrected chi connectivity index (χ0v) is 9.49. The van der Waals surface area contributed by atoms with E-state index in [1.807, 2.05) is 6.26 Å². The predicted molar refractivity (Wildman–Crippen MR) is 58.8 cm³/mol. The lowest BCUT2D eigenvalue weighted by Gasteiger charge is -2.13. The van der Waals surface area contributed by atoms with Crippen molar-refractivity contribution in [1.82, 2.24) is 5.32 Å². The average molecular weight is 204 g/mol. The minimum absolute atomic E-state index is 0.0252. The summed E-state index contributed by atoms with van der Waals surface area (Å²) in [7, 11) is 0. The fraction of sp³-hybridized carbons (Fsp3) is 0.889. The van der Waals surface area contributed by atoms with E-state index in [0.717, 1.165) is 12.2 Å². The Bertz CT molecular complexity index is 151. The van der Waals surface area contributed by atoms with Crippen molar-refractivity contribution < 1.29 is 4.79 Å². The van der Waals surface area contributed by atoms with Crippen molar-refractivity contribution in [2.24, 2.45) is 11.7 Å². The Balaban J connectivity index is 3.57. The van der Waals surface area contributed by atoms with Crippen molar-refractivity contribution in [1.29, 1.82) is 0 Å². The maximum absolute atomic E-state index is 11.3. The normalized spacial score (nSPS) is 13.0. The van der Waals surface area contributed by atoms with Crippen LogP contribution >= 0.6 is 11.8 Å². The highest BCUT2D eigenvalue weighted by molar-refractivity contribution is 7.98. The Morgan fingerprint density at radius 2 is 2.15 bits per heavy atom. The number of thioether (sulfide) groups is 1. The van der Waals surface area contributed by atoms with Crippen LogP contribution in [0.25, 0.3) is 0 Å². The van der Waals surface area contributed by atoms with Gasteiger partial charge in [0, 0.05) is 12.3 Å². The predicted octanol–water partition coefficient (Wildman–Crippen LogP) is 0.839. The molecule has 3 nitrogen and oxygen atoms in total. The number of carbonyl (C=O) groups is 1. The van der Waals surface area contributed by atoms with Crippen LogP contribution in [-0.4, -0.2) is 30.5 Å². The summed E-state index contributed by atoms with van der Waals surface area (Å²) >= 11 is 1.71. The Labute approximate surface area is 84.8 Å². The lowest BCUT2D eigenvalue weighted by molar-refractivity contribution is -0.122. The zero-order valence-electron chi connectivity index (χ0n) is 8.67. The standard InChI is InChI=1S/C9H20N2OS/c1-7(2)6-8(10)9(12)11-4-5-13-3/h7-8H,4-6,10H2,1-3H3,(H,11,12)/t8-/m1/s1. The fourth-order valence-electron chi connectivity index (χ4n) is 1.02. The molecule has 0 fully saturated rings. The second-order valence-electron chi connectivity index (χ2n) is 3.52. The van der Waals surface area contributed by atoms with E-state index in [0.29, 0.717) is 12.5 Å².